The van der Waals surface area contributed by atoms with Crippen molar-refractivity contribution in [1.29, 1.82) is 0 Å². The van der Waals surface area contributed by atoms with E-state index in [1.807, 2.05) is 20.8 Å². The van der Waals surface area contributed by atoms with Crippen LogP contribution in [-0.2, 0) is 5.41 Å². The molecule has 1 aromatic rings. The van der Waals surface area contributed by atoms with Gasteiger partial charge in [0.25, 0.3) is 0 Å². The van der Waals surface area contributed by atoms with Crippen LogP contribution in [0.3, 0.4) is 0 Å². The third-order valence-electron chi connectivity index (χ3n) is 1.25. The molecule has 0 spiro atoms. The Morgan fingerprint density at radius 3 is 2.27 bits per heavy atom. The Balaban J connectivity index is 3.26. The maximum absolute atomic E-state index is 10.8. The molecule has 0 saturated heterocycles. The second kappa shape index (κ2) is 2.34. The lowest BCUT2D eigenvalue weighted by atomic mass is 9.96. The Kier molecular flexibility index (Phi) is 1.75. The summed E-state index contributed by atoms with van der Waals surface area (Å²) in [4.78, 5) is 10.3. The van der Waals surface area contributed by atoms with E-state index in [-0.39, 0.29) is 5.41 Å². The van der Waals surface area contributed by atoms with Gasteiger partial charge in [-0.05, 0) is 0 Å². The molecule has 1 heterocycles. The largest absolute Gasteiger partial charge is 0.423 e. The van der Waals surface area contributed by atoms with Gasteiger partial charge in [0.05, 0.1) is 0 Å². The predicted molar refractivity (Wildman–Crippen MR) is 42.3 cm³/mol. The summed E-state index contributed by atoms with van der Waals surface area (Å²) in [5.41, 5.74) is -0.284. The van der Waals surface area contributed by atoms with Gasteiger partial charge in [-0.25, -0.2) is 0 Å². The van der Waals surface area contributed by atoms with Gasteiger partial charge in [-0.1, -0.05) is 20.8 Å². The van der Waals surface area contributed by atoms with Gasteiger partial charge in [-0.2, -0.15) is 4.37 Å². The molecular formula is C6H10N2O2S. The summed E-state index contributed by atoms with van der Waals surface area (Å²) in [6, 6.07) is 0. The molecule has 0 aromatic carbocycles. The highest BCUT2D eigenvalue weighted by Crippen LogP contribution is 2.18. The number of nitrogens with zero attached hydrogens (tertiary/aromatic N) is 2. The minimum Gasteiger partial charge on any atom is -0.423 e. The highest BCUT2D eigenvalue weighted by molar-refractivity contribution is 7.02. The molecule has 0 unspecified atom stereocenters. The lowest BCUT2D eigenvalue weighted by Gasteiger charge is -2.14. The van der Waals surface area contributed by atoms with E-state index in [9.17, 15) is 4.79 Å². The van der Waals surface area contributed by atoms with Crippen molar-refractivity contribution in [3.05, 3.63) is 15.5 Å². The molecule has 0 amide bonds. The van der Waals surface area contributed by atoms with Gasteiger partial charge in [-0.3, -0.25) is 4.79 Å². The molecule has 0 bridgehead atoms. The average Bonchev–Trinajstić information content (AvgIpc) is 2.11. The van der Waals surface area contributed by atoms with E-state index in [1.54, 1.807) is 0 Å². The Hall–Kier alpha value is -0.840. The topological polar surface area (TPSA) is 55.1 Å². The standard InChI is InChI=1S/C6H10N2O2S/c1-6(2,3)4-7-11-5(9)8(4)10/h10H,1-3H3. The number of aromatic nitrogens is 2. The van der Waals surface area contributed by atoms with Gasteiger partial charge in [0.1, 0.15) is 0 Å². The van der Waals surface area contributed by atoms with Gasteiger partial charge in [0.2, 0.25) is 0 Å². The van der Waals surface area contributed by atoms with Crippen LogP contribution >= 0.6 is 11.5 Å². The van der Waals surface area contributed by atoms with E-state index in [0.717, 1.165) is 11.5 Å². The quantitative estimate of drug-likeness (QED) is 0.593. The summed E-state index contributed by atoms with van der Waals surface area (Å²) in [5.74, 6) is 0.410. The molecule has 11 heavy (non-hydrogen) atoms. The monoisotopic (exact) mass is 174 g/mol. The van der Waals surface area contributed by atoms with E-state index in [0.29, 0.717) is 10.6 Å². The van der Waals surface area contributed by atoms with Crippen LogP contribution in [0.2, 0.25) is 0 Å². The highest BCUT2D eigenvalue weighted by Gasteiger charge is 2.22. The van der Waals surface area contributed by atoms with Crippen molar-refractivity contribution in [1.82, 2.24) is 9.10 Å². The summed E-state index contributed by atoms with van der Waals surface area (Å²) in [5, 5.41) is 9.13. The Labute approximate surface area is 68.2 Å². The minimum absolute atomic E-state index is 0.284. The van der Waals surface area contributed by atoms with Gasteiger partial charge < -0.3 is 5.21 Å². The van der Waals surface area contributed by atoms with E-state index < -0.39 is 4.87 Å². The number of hydrogen-bond donors (Lipinski definition) is 1. The van der Waals surface area contributed by atoms with Crippen LogP contribution in [0.25, 0.3) is 0 Å². The predicted octanol–water partition coefficient (Wildman–Crippen LogP) is 0.840. The van der Waals surface area contributed by atoms with Crippen LogP contribution in [0.1, 0.15) is 26.6 Å². The zero-order chi connectivity index (χ0) is 8.65. The van der Waals surface area contributed by atoms with Crippen LogP contribution < -0.4 is 4.87 Å². The highest BCUT2D eigenvalue weighted by atomic mass is 32.1. The van der Waals surface area contributed by atoms with Gasteiger partial charge in [0.15, 0.2) is 5.82 Å². The first-order chi connectivity index (χ1) is 4.93. The molecule has 4 nitrogen and oxygen atoms in total. The zero-order valence-electron chi connectivity index (χ0n) is 6.66. The lowest BCUT2D eigenvalue weighted by molar-refractivity contribution is 0.156. The molecule has 62 valence electrons. The normalized spacial score (nSPS) is 11.9. The van der Waals surface area contributed by atoms with Crippen molar-refractivity contribution in [3.63, 3.8) is 0 Å². The first-order valence-electron chi connectivity index (χ1n) is 3.21. The minimum atomic E-state index is -0.435. The summed E-state index contributed by atoms with van der Waals surface area (Å²) >= 11 is 0.765. The number of rotatable bonds is 0. The third-order valence-corrected chi connectivity index (χ3v) is 1.85. The smallest absolute Gasteiger partial charge is 0.358 e. The Bertz CT molecular complexity index is 307. The summed E-state index contributed by atoms with van der Waals surface area (Å²) in [6.07, 6.45) is 0. The molecule has 1 N–H and O–H groups in total. The van der Waals surface area contributed by atoms with Crippen molar-refractivity contribution >= 4 is 11.5 Å². The maximum Gasteiger partial charge on any atom is 0.358 e. The summed E-state index contributed by atoms with van der Waals surface area (Å²) in [7, 11) is 0. The van der Waals surface area contributed by atoms with Crippen LogP contribution in [0.4, 0.5) is 0 Å². The van der Waals surface area contributed by atoms with Crippen molar-refractivity contribution in [3.8, 4) is 0 Å². The van der Waals surface area contributed by atoms with Crippen LogP contribution in [-0.4, -0.2) is 14.3 Å². The number of hydrogen-bond acceptors (Lipinski definition) is 4. The first-order valence-corrected chi connectivity index (χ1v) is 3.99. The van der Waals surface area contributed by atoms with Gasteiger partial charge in [-0.15, -0.1) is 4.73 Å². The maximum atomic E-state index is 10.8. The van der Waals surface area contributed by atoms with Crippen molar-refractivity contribution < 1.29 is 5.21 Å². The average molecular weight is 174 g/mol. The summed E-state index contributed by atoms with van der Waals surface area (Å²) in [6.45, 7) is 5.65. The second-order valence-corrected chi connectivity index (χ2v) is 4.05. The molecule has 1 rings (SSSR count). The van der Waals surface area contributed by atoms with Crippen molar-refractivity contribution in [2.75, 3.05) is 0 Å². The molecule has 0 fully saturated rings. The molecule has 0 radical (unpaired) electrons. The molecule has 1 aromatic heterocycles. The van der Waals surface area contributed by atoms with E-state index in [1.165, 1.54) is 0 Å². The van der Waals surface area contributed by atoms with E-state index in [4.69, 9.17) is 5.21 Å². The molecule has 0 saturated carbocycles. The fraction of sp³-hybridized carbons (Fsp3) is 0.667. The fourth-order valence-electron chi connectivity index (χ4n) is 0.701. The molecule has 0 aliphatic heterocycles. The zero-order valence-corrected chi connectivity index (χ0v) is 7.47. The molecule has 5 heteroatoms. The fourth-order valence-corrected chi connectivity index (χ4v) is 1.38. The third kappa shape index (κ3) is 1.42. The van der Waals surface area contributed by atoms with Crippen molar-refractivity contribution in [2.45, 2.75) is 26.2 Å². The van der Waals surface area contributed by atoms with E-state index >= 15 is 0 Å². The van der Waals surface area contributed by atoms with Crippen LogP contribution in [0.15, 0.2) is 4.79 Å². The molecule has 0 aliphatic carbocycles. The van der Waals surface area contributed by atoms with Crippen LogP contribution in [0.5, 0.6) is 0 Å². The van der Waals surface area contributed by atoms with Crippen LogP contribution in [0, 0.1) is 0 Å². The summed E-state index contributed by atoms with van der Waals surface area (Å²) < 4.78 is 4.43. The molecular weight excluding hydrogens is 164 g/mol. The second-order valence-electron chi connectivity index (χ2n) is 3.33. The molecule has 0 atom stereocenters. The van der Waals surface area contributed by atoms with Gasteiger partial charge in [0, 0.05) is 16.9 Å². The SMILES string of the molecule is CC(C)(C)c1nsc(=O)n1O. The van der Waals surface area contributed by atoms with E-state index in [2.05, 4.69) is 4.37 Å². The molecule has 0 aliphatic rings. The van der Waals surface area contributed by atoms with Gasteiger partial charge >= 0.3 is 4.87 Å². The Morgan fingerprint density at radius 2 is 2.09 bits per heavy atom. The first kappa shape index (κ1) is 8.26. The Morgan fingerprint density at radius 1 is 1.55 bits per heavy atom. The van der Waals surface area contributed by atoms with Crippen molar-refractivity contribution in [2.24, 2.45) is 0 Å². The lowest BCUT2D eigenvalue weighted by Crippen LogP contribution is -2.22.